The molecule has 1 saturated carbocycles. The average molecular weight is 269 g/mol. The molecule has 1 aliphatic rings. The first-order valence-electron chi connectivity index (χ1n) is 7.22. The second-order valence-corrected chi connectivity index (χ2v) is 6.91. The molecule has 1 amide bonds. The third-order valence-electron chi connectivity index (χ3n) is 4.46. The largest absolute Gasteiger partial charge is 0.481 e. The summed E-state index contributed by atoms with van der Waals surface area (Å²) in [6.07, 6.45) is 2.85. The molecule has 110 valence electrons. The Morgan fingerprint density at radius 2 is 1.84 bits per heavy atom. The Morgan fingerprint density at radius 3 is 2.37 bits per heavy atom. The Kier molecular flexibility index (Phi) is 5.39. The maximum absolute atomic E-state index is 12.1. The molecule has 4 nitrogen and oxygen atoms in total. The summed E-state index contributed by atoms with van der Waals surface area (Å²) >= 11 is 0. The molecule has 0 aromatic heterocycles. The van der Waals surface area contributed by atoms with Gasteiger partial charge in [0.1, 0.15) is 0 Å². The second kappa shape index (κ2) is 6.40. The molecular weight excluding hydrogens is 242 g/mol. The zero-order valence-electron chi connectivity index (χ0n) is 12.5. The van der Waals surface area contributed by atoms with Gasteiger partial charge in [-0.25, -0.2) is 0 Å². The zero-order valence-corrected chi connectivity index (χ0v) is 12.5. The van der Waals surface area contributed by atoms with Crippen LogP contribution in [0.1, 0.15) is 53.4 Å². The molecule has 0 spiro atoms. The van der Waals surface area contributed by atoms with E-state index in [-0.39, 0.29) is 23.2 Å². The highest BCUT2D eigenvalue weighted by atomic mass is 16.4. The molecule has 0 aliphatic heterocycles. The van der Waals surface area contributed by atoms with E-state index in [1.54, 1.807) is 0 Å². The first kappa shape index (κ1) is 16.0. The van der Waals surface area contributed by atoms with Crippen molar-refractivity contribution in [2.45, 2.75) is 53.4 Å². The van der Waals surface area contributed by atoms with Crippen molar-refractivity contribution in [3.8, 4) is 0 Å². The lowest BCUT2D eigenvalue weighted by atomic mass is 9.80. The molecule has 1 fully saturated rings. The van der Waals surface area contributed by atoms with Crippen LogP contribution in [0.4, 0.5) is 0 Å². The van der Waals surface area contributed by atoms with Crippen LogP contribution in [0.25, 0.3) is 0 Å². The predicted octanol–water partition coefficient (Wildman–Crippen LogP) is 2.68. The molecule has 0 aromatic carbocycles. The van der Waals surface area contributed by atoms with E-state index < -0.39 is 5.97 Å². The van der Waals surface area contributed by atoms with Gasteiger partial charge in [0.15, 0.2) is 0 Å². The van der Waals surface area contributed by atoms with E-state index in [1.165, 1.54) is 0 Å². The topological polar surface area (TPSA) is 66.4 Å². The van der Waals surface area contributed by atoms with E-state index in [4.69, 9.17) is 5.11 Å². The third-order valence-corrected chi connectivity index (χ3v) is 4.46. The quantitative estimate of drug-likeness (QED) is 0.824. The van der Waals surface area contributed by atoms with Gasteiger partial charge < -0.3 is 10.4 Å². The number of carbonyl (C=O) groups is 2. The SMILES string of the molecule is CC(CNC(=O)C1CCCC(C(=O)O)C1)C(C)(C)C. The molecule has 4 heteroatoms. The van der Waals surface area contributed by atoms with E-state index in [0.29, 0.717) is 25.3 Å². The number of hydrogen-bond acceptors (Lipinski definition) is 2. The summed E-state index contributed by atoms with van der Waals surface area (Å²) < 4.78 is 0. The van der Waals surface area contributed by atoms with Crippen LogP contribution in [0.5, 0.6) is 0 Å². The number of aliphatic carboxylic acids is 1. The molecule has 0 bridgehead atoms. The zero-order chi connectivity index (χ0) is 14.6. The number of nitrogens with one attached hydrogen (secondary N) is 1. The molecule has 1 rings (SSSR count). The van der Waals surface area contributed by atoms with E-state index >= 15 is 0 Å². The average Bonchev–Trinajstić information content (AvgIpc) is 2.34. The van der Waals surface area contributed by atoms with Crippen molar-refractivity contribution < 1.29 is 14.7 Å². The maximum atomic E-state index is 12.1. The van der Waals surface area contributed by atoms with Gasteiger partial charge in [-0.3, -0.25) is 9.59 Å². The van der Waals surface area contributed by atoms with Gasteiger partial charge in [0, 0.05) is 12.5 Å². The van der Waals surface area contributed by atoms with Crippen molar-refractivity contribution in [3.63, 3.8) is 0 Å². The highest BCUT2D eigenvalue weighted by molar-refractivity contribution is 5.80. The normalized spacial score (nSPS) is 25.7. The van der Waals surface area contributed by atoms with Crippen LogP contribution in [-0.4, -0.2) is 23.5 Å². The summed E-state index contributed by atoms with van der Waals surface area (Å²) in [4.78, 5) is 23.1. The molecule has 2 N–H and O–H groups in total. The highest BCUT2D eigenvalue weighted by Crippen LogP contribution is 2.30. The molecule has 1 aliphatic carbocycles. The Bertz CT molecular complexity index is 333. The minimum absolute atomic E-state index is 0.0297. The van der Waals surface area contributed by atoms with Crippen LogP contribution in [0, 0.1) is 23.2 Å². The minimum atomic E-state index is -0.763. The predicted molar refractivity (Wildman–Crippen MR) is 74.7 cm³/mol. The Balaban J connectivity index is 2.43. The lowest BCUT2D eigenvalue weighted by molar-refractivity contribution is -0.144. The molecular formula is C15H27NO3. The van der Waals surface area contributed by atoms with E-state index in [9.17, 15) is 9.59 Å². The van der Waals surface area contributed by atoms with Crippen LogP contribution in [-0.2, 0) is 9.59 Å². The minimum Gasteiger partial charge on any atom is -0.481 e. The summed E-state index contributed by atoms with van der Waals surface area (Å²) in [6, 6.07) is 0. The van der Waals surface area contributed by atoms with Crippen molar-refractivity contribution in [3.05, 3.63) is 0 Å². The number of rotatable bonds is 4. The van der Waals surface area contributed by atoms with Crippen molar-refractivity contribution in [1.29, 1.82) is 0 Å². The van der Waals surface area contributed by atoms with Gasteiger partial charge in [0.05, 0.1) is 5.92 Å². The molecule has 3 unspecified atom stereocenters. The standard InChI is InChI=1S/C15H27NO3/c1-10(15(2,3)4)9-16-13(17)11-6-5-7-12(8-11)14(18)19/h10-12H,5-9H2,1-4H3,(H,16,17)(H,18,19). The third kappa shape index (κ3) is 4.84. The smallest absolute Gasteiger partial charge is 0.306 e. The Labute approximate surface area is 116 Å². The van der Waals surface area contributed by atoms with Crippen LogP contribution < -0.4 is 5.32 Å². The molecule has 19 heavy (non-hydrogen) atoms. The molecule has 0 radical (unpaired) electrons. The fraction of sp³-hybridized carbons (Fsp3) is 0.867. The molecule has 0 saturated heterocycles. The van der Waals surface area contributed by atoms with Crippen molar-refractivity contribution >= 4 is 11.9 Å². The van der Waals surface area contributed by atoms with Crippen LogP contribution in [0.15, 0.2) is 0 Å². The summed E-state index contributed by atoms with van der Waals surface area (Å²) in [5.41, 5.74) is 0.170. The monoisotopic (exact) mass is 269 g/mol. The van der Waals surface area contributed by atoms with E-state index in [0.717, 1.165) is 12.8 Å². The summed E-state index contributed by atoms with van der Waals surface area (Å²) in [6.45, 7) is 9.26. The van der Waals surface area contributed by atoms with E-state index in [1.807, 2.05) is 0 Å². The number of carboxylic acid groups (broad SMARTS) is 1. The first-order chi connectivity index (χ1) is 8.71. The van der Waals surface area contributed by atoms with Crippen LogP contribution in [0.3, 0.4) is 0 Å². The lowest BCUT2D eigenvalue weighted by Gasteiger charge is -2.29. The van der Waals surface area contributed by atoms with Crippen LogP contribution in [0.2, 0.25) is 0 Å². The summed E-state index contributed by atoms with van der Waals surface area (Å²) in [5.74, 6) is -0.801. The van der Waals surface area contributed by atoms with Crippen molar-refractivity contribution in [2.75, 3.05) is 6.54 Å². The van der Waals surface area contributed by atoms with Crippen molar-refractivity contribution in [1.82, 2.24) is 5.32 Å². The van der Waals surface area contributed by atoms with Gasteiger partial charge in [0.25, 0.3) is 0 Å². The summed E-state index contributed by atoms with van der Waals surface area (Å²) in [5, 5.41) is 12.0. The number of carboxylic acids is 1. The van der Waals surface area contributed by atoms with E-state index in [2.05, 4.69) is 33.0 Å². The van der Waals surface area contributed by atoms with Gasteiger partial charge in [0.2, 0.25) is 5.91 Å². The lowest BCUT2D eigenvalue weighted by Crippen LogP contribution is -2.39. The Morgan fingerprint density at radius 1 is 1.26 bits per heavy atom. The number of amides is 1. The van der Waals surface area contributed by atoms with Gasteiger partial charge in [-0.2, -0.15) is 0 Å². The van der Waals surface area contributed by atoms with Gasteiger partial charge in [-0.05, 0) is 30.6 Å². The number of hydrogen-bond donors (Lipinski definition) is 2. The maximum Gasteiger partial charge on any atom is 0.306 e. The first-order valence-corrected chi connectivity index (χ1v) is 7.22. The second-order valence-electron chi connectivity index (χ2n) is 6.91. The Hall–Kier alpha value is -1.06. The van der Waals surface area contributed by atoms with Gasteiger partial charge >= 0.3 is 5.97 Å². The molecule has 3 atom stereocenters. The summed E-state index contributed by atoms with van der Waals surface area (Å²) in [7, 11) is 0. The van der Waals surface area contributed by atoms with Crippen LogP contribution >= 0.6 is 0 Å². The fourth-order valence-corrected chi connectivity index (χ4v) is 2.36. The van der Waals surface area contributed by atoms with Gasteiger partial charge in [-0.15, -0.1) is 0 Å². The number of carbonyl (C=O) groups excluding carboxylic acids is 1. The van der Waals surface area contributed by atoms with Gasteiger partial charge in [-0.1, -0.05) is 34.1 Å². The molecule has 0 aromatic rings. The van der Waals surface area contributed by atoms with Crippen molar-refractivity contribution in [2.24, 2.45) is 23.2 Å². The molecule has 0 heterocycles. The fourth-order valence-electron chi connectivity index (χ4n) is 2.36. The highest BCUT2D eigenvalue weighted by Gasteiger charge is 2.31.